The molecule has 31 heavy (non-hydrogen) atoms. The zero-order valence-electron chi connectivity index (χ0n) is 17.8. The van der Waals surface area contributed by atoms with Gasteiger partial charge >= 0.3 is 0 Å². The van der Waals surface area contributed by atoms with E-state index in [0.717, 1.165) is 54.5 Å². The molecule has 0 spiro atoms. The first-order valence-corrected chi connectivity index (χ1v) is 10.8. The van der Waals surface area contributed by atoms with E-state index < -0.39 is 5.60 Å². The molecule has 1 amide bonds. The van der Waals surface area contributed by atoms with Crippen LogP contribution in [0, 0.1) is 0 Å². The van der Waals surface area contributed by atoms with E-state index in [1.165, 1.54) is 0 Å². The molecule has 2 heterocycles. The van der Waals surface area contributed by atoms with Crippen LogP contribution in [0.1, 0.15) is 23.2 Å². The minimum Gasteiger partial charge on any atom is -0.481 e. The number of β-amino-alcohol motifs (C(OH)–C–C–N with tert-alkyl or cyclic N) is 1. The molecular weight excluding hydrogens is 390 g/mol. The SMILES string of the molecule is COc1ccc2cc(-c3ccc(C(=O)N4CCN(CC5(O)CC5)CC4)cc3)ccc2n1. The van der Waals surface area contributed by atoms with Gasteiger partial charge in [0.25, 0.3) is 5.91 Å². The molecule has 1 saturated carbocycles. The van der Waals surface area contributed by atoms with Crippen LogP contribution in [0.15, 0.2) is 54.6 Å². The molecule has 3 aromatic rings. The zero-order chi connectivity index (χ0) is 21.4. The van der Waals surface area contributed by atoms with Gasteiger partial charge in [0.15, 0.2) is 0 Å². The number of methoxy groups -OCH3 is 1. The largest absolute Gasteiger partial charge is 0.481 e. The van der Waals surface area contributed by atoms with E-state index in [4.69, 9.17) is 4.74 Å². The molecule has 6 nitrogen and oxygen atoms in total. The minimum absolute atomic E-state index is 0.0751. The number of amides is 1. The molecule has 1 aliphatic heterocycles. The summed E-state index contributed by atoms with van der Waals surface area (Å²) in [4.78, 5) is 21.6. The topological polar surface area (TPSA) is 65.9 Å². The maximum absolute atomic E-state index is 12.9. The first-order chi connectivity index (χ1) is 15.0. The molecule has 0 bridgehead atoms. The highest BCUT2D eigenvalue weighted by Gasteiger charge is 2.42. The van der Waals surface area contributed by atoms with Crippen LogP contribution in [0.3, 0.4) is 0 Å². The zero-order valence-corrected chi connectivity index (χ0v) is 17.8. The molecule has 1 N–H and O–H groups in total. The first-order valence-electron chi connectivity index (χ1n) is 10.8. The second-order valence-corrected chi connectivity index (χ2v) is 8.63. The number of aliphatic hydroxyl groups is 1. The number of rotatable bonds is 5. The summed E-state index contributed by atoms with van der Waals surface area (Å²) in [6.45, 7) is 3.79. The van der Waals surface area contributed by atoms with E-state index in [1.54, 1.807) is 7.11 Å². The number of carbonyl (C=O) groups is 1. The van der Waals surface area contributed by atoms with Crippen molar-refractivity contribution in [1.82, 2.24) is 14.8 Å². The summed E-state index contributed by atoms with van der Waals surface area (Å²) in [6, 6.07) is 17.8. The van der Waals surface area contributed by atoms with Gasteiger partial charge in [0.2, 0.25) is 5.88 Å². The predicted octanol–water partition coefficient (Wildman–Crippen LogP) is 3.19. The monoisotopic (exact) mass is 417 g/mol. The fourth-order valence-corrected chi connectivity index (χ4v) is 4.22. The van der Waals surface area contributed by atoms with Crippen molar-refractivity contribution in [3.8, 4) is 17.0 Å². The van der Waals surface area contributed by atoms with Gasteiger partial charge in [0, 0.05) is 49.7 Å². The van der Waals surface area contributed by atoms with Crippen molar-refractivity contribution in [2.24, 2.45) is 0 Å². The van der Waals surface area contributed by atoms with E-state index in [-0.39, 0.29) is 5.91 Å². The third kappa shape index (κ3) is 4.27. The number of nitrogens with zero attached hydrogens (tertiary/aromatic N) is 3. The fraction of sp³-hybridized carbons (Fsp3) is 0.360. The van der Waals surface area contributed by atoms with Gasteiger partial charge in [-0.25, -0.2) is 4.98 Å². The highest BCUT2D eigenvalue weighted by molar-refractivity contribution is 5.95. The third-order valence-electron chi connectivity index (χ3n) is 6.34. The summed E-state index contributed by atoms with van der Waals surface area (Å²) in [6.07, 6.45) is 1.81. The lowest BCUT2D eigenvalue weighted by Gasteiger charge is -2.35. The number of hydrogen-bond acceptors (Lipinski definition) is 5. The van der Waals surface area contributed by atoms with Crippen LogP contribution in [-0.2, 0) is 0 Å². The van der Waals surface area contributed by atoms with Crippen molar-refractivity contribution in [3.05, 3.63) is 60.2 Å². The van der Waals surface area contributed by atoms with Crippen molar-refractivity contribution in [2.75, 3.05) is 39.8 Å². The van der Waals surface area contributed by atoms with Crippen LogP contribution in [-0.4, -0.2) is 71.2 Å². The standard InChI is InChI=1S/C25H27N3O3/c1-31-23-9-7-21-16-20(6-8-22(21)26-23)18-2-4-19(5-3-18)24(29)28-14-12-27(13-15-28)17-25(30)10-11-25/h2-9,16,30H,10-15,17H2,1H3. The van der Waals surface area contributed by atoms with Crippen LogP contribution < -0.4 is 4.74 Å². The van der Waals surface area contributed by atoms with Gasteiger partial charge < -0.3 is 14.7 Å². The minimum atomic E-state index is -0.465. The summed E-state index contributed by atoms with van der Waals surface area (Å²) in [5, 5.41) is 11.2. The Morgan fingerprint density at radius 3 is 2.39 bits per heavy atom. The van der Waals surface area contributed by atoms with Gasteiger partial charge in [0.1, 0.15) is 0 Å². The molecule has 2 aromatic carbocycles. The first kappa shape index (κ1) is 20.0. The van der Waals surface area contributed by atoms with Crippen molar-refractivity contribution in [3.63, 3.8) is 0 Å². The van der Waals surface area contributed by atoms with E-state index >= 15 is 0 Å². The van der Waals surface area contributed by atoms with Crippen molar-refractivity contribution >= 4 is 16.8 Å². The second-order valence-electron chi connectivity index (χ2n) is 8.63. The maximum Gasteiger partial charge on any atom is 0.253 e. The molecule has 0 atom stereocenters. The Kier molecular flexibility index (Phi) is 5.12. The molecule has 1 aromatic heterocycles. The van der Waals surface area contributed by atoms with E-state index in [2.05, 4.69) is 16.0 Å². The molecule has 2 aliphatic rings. The van der Waals surface area contributed by atoms with Gasteiger partial charge in [-0.2, -0.15) is 0 Å². The molecule has 1 saturated heterocycles. The Morgan fingerprint density at radius 2 is 1.71 bits per heavy atom. The maximum atomic E-state index is 12.9. The van der Waals surface area contributed by atoms with E-state index in [9.17, 15) is 9.90 Å². The lowest BCUT2D eigenvalue weighted by molar-refractivity contribution is 0.0473. The lowest BCUT2D eigenvalue weighted by atomic mass is 10.0. The predicted molar refractivity (Wildman–Crippen MR) is 120 cm³/mol. The summed E-state index contributed by atoms with van der Waals surface area (Å²) in [7, 11) is 1.61. The summed E-state index contributed by atoms with van der Waals surface area (Å²) in [5.74, 6) is 0.679. The van der Waals surface area contributed by atoms with Gasteiger partial charge in [-0.05, 0) is 54.3 Å². The lowest BCUT2D eigenvalue weighted by Crippen LogP contribution is -2.50. The van der Waals surface area contributed by atoms with E-state index in [1.807, 2.05) is 53.4 Å². The molecule has 6 heteroatoms. The summed E-state index contributed by atoms with van der Waals surface area (Å²) >= 11 is 0. The summed E-state index contributed by atoms with van der Waals surface area (Å²) < 4.78 is 5.19. The number of fused-ring (bicyclic) bond motifs is 1. The molecule has 2 fully saturated rings. The average Bonchev–Trinajstić information content (AvgIpc) is 3.55. The molecule has 160 valence electrons. The molecule has 0 radical (unpaired) electrons. The van der Waals surface area contributed by atoms with Crippen LogP contribution in [0.2, 0.25) is 0 Å². The fourth-order valence-electron chi connectivity index (χ4n) is 4.22. The summed E-state index contributed by atoms with van der Waals surface area (Å²) in [5.41, 5.74) is 3.29. The van der Waals surface area contributed by atoms with Crippen LogP contribution >= 0.6 is 0 Å². The molecule has 5 rings (SSSR count). The smallest absolute Gasteiger partial charge is 0.253 e. The van der Waals surface area contributed by atoms with Gasteiger partial charge in [-0.15, -0.1) is 0 Å². The Bertz CT molecular complexity index is 1100. The normalized spacial score (nSPS) is 18.2. The number of pyridine rings is 1. The number of ether oxygens (including phenoxy) is 1. The number of hydrogen-bond donors (Lipinski definition) is 1. The average molecular weight is 418 g/mol. The second kappa shape index (κ2) is 7.94. The number of benzene rings is 2. The Labute approximate surface area is 182 Å². The highest BCUT2D eigenvalue weighted by Crippen LogP contribution is 2.35. The molecular formula is C25H27N3O3. The van der Waals surface area contributed by atoms with Crippen molar-refractivity contribution < 1.29 is 14.6 Å². The Hall–Kier alpha value is -2.96. The molecule has 0 unspecified atom stereocenters. The van der Waals surface area contributed by atoms with Gasteiger partial charge in [0.05, 0.1) is 18.2 Å². The highest BCUT2D eigenvalue weighted by atomic mass is 16.5. The van der Waals surface area contributed by atoms with Crippen molar-refractivity contribution in [2.45, 2.75) is 18.4 Å². The van der Waals surface area contributed by atoms with Crippen LogP contribution in [0.5, 0.6) is 5.88 Å². The van der Waals surface area contributed by atoms with E-state index in [0.29, 0.717) is 24.5 Å². The van der Waals surface area contributed by atoms with Crippen LogP contribution in [0.25, 0.3) is 22.0 Å². The number of piperazine rings is 1. The molecule has 1 aliphatic carbocycles. The van der Waals surface area contributed by atoms with Gasteiger partial charge in [-0.3, -0.25) is 9.69 Å². The van der Waals surface area contributed by atoms with Crippen molar-refractivity contribution in [1.29, 1.82) is 0 Å². The Balaban J connectivity index is 1.25. The number of carbonyl (C=O) groups excluding carboxylic acids is 1. The number of aromatic nitrogens is 1. The Morgan fingerprint density at radius 1 is 1.00 bits per heavy atom. The quantitative estimate of drug-likeness (QED) is 0.691. The van der Waals surface area contributed by atoms with Gasteiger partial charge in [-0.1, -0.05) is 18.2 Å². The third-order valence-corrected chi connectivity index (χ3v) is 6.34. The van der Waals surface area contributed by atoms with Crippen LogP contribution in [0.4, 0.5) is 0 Å².